The van der Waals surface area contributed by atoms with Gasteiger partial charge in [-0.2, -0.15) is 0 Å². The Hall–Kier alpha value is -3.41. The van der Waals surface area contributed by atoms with E-state index in [9.17, 15) is 14.3 Å². The summed E-state index contributed by atoms with van der Waals surface area (Å²) in [5.41, 5.74) is 3.32. The average molecular weight is 559 g/mol. The van der Waals surface area contributed by atoms with Crippen molar-refractivity contribution in [2.45, 2.75) is 56.3 Å². The molecule has 1 aliphatic heterocycles. The maximum atomic E-state index is 15.3. The fraction of sp³-hybridized carbons (Fsp3) is 0.414. The fourth-order valence-corrected chi connectivity index (χ4v) is 5.67. The van der Waals surface area contributed by atoms with Gasteiger partial charge in [-0.1, -0.05) is 6.92 Å². The molecule has 7 nitrogen and oxygen atoms in total. The molecule has 1 aliphatic carbocycles. The molecule has 0 bridgehead atoms. The van der Waals surface area contributed by atoms with Crippen molar-refractivity contribution in [2.75, 3.05) is 18.5 Å². The number of nitrogens with zero attached hydrogens (tertiary/aromatic N) is 2. The van der Waals surface area contributed by atoms with Gasteiger partial charge in [-0.15, -0.1) is 0 Å². The van der Waals surface area contributed by atoms with Gasteiger partial charge in [0.15, 0.2) is 0 Å². The summed E-state index contributed by atoms with van der Waals surface area (Å²) in [7, 11) is 0. The van der Waals surface area contributed by atoms with Crippen LogP contribution in [0.25, 0.3) is 11.3 Å². The highest BCUT2D eigenvalue weighted by Gasteiger charge is 2.37. The van der Waals surface area contributed by atoms with E-state index in [2.05, 4.69) is 15.3 Å². The lowest BCUT2D eigenvalue weighted by Gasteiger charge is -2.36. The van der Waals surface area contributed by atoms with Crippen molar-refractivity contribution in [3.8, 4) is 11.3 Å². The number of benzene rings is 1. The van der Waals surface area contributed by atoms with Crippen LogP contribution in [0, 0.1) is 23.4 Å². The smallest absolute Gasteiger partial charge is 0.274 e. The number of halogens is 4. The van der Waals surface area contributed by atoms with E-state index in [1.807, 2.05) is 6.92 Å². The van der Waals surface area contributed by atoms with E-state index in [-0.39, 0.29) is 49.1 Å². The Kier molecular flexibility index (Phi) is 7.89. The Morgan fingerprint density at radius 1 is 1.10 bits per heavy atom. The van der Waals surface area contributed by atoms with Crippen LogP contribution in [0.2, 0.25) is 0 Å². The molecule has 3 aromatic rings. The normalized spacial score (nSPS) is 24.5. The molecule has 3 heterocycles. The second-order valence-electron chi connectivity index (χ2n) is 10.6. The van der Waals surface area contributed by atoms with Gasteiger partial charge in [-0.05, 0) is 66.1 Å². The van der Waals surface area contributed by atoms with Crippen LogP contribution in [-0.4, -0.2) is 46.3 Å². The number of alkyl halides is 1. The van der Waals surface area contributed by atoms with Crippen molar-refractivity contribution in [1.82, 2.24) is 9.97 Å². The largest absolute Gasteiger partial charge is 0.391 e. The van der Waals surface area contributed by atoms with Gasteiger partial charge in [-0.25, -0.2) is 22.5 Å². The molecule has 0 spiro atoms. The van der Waals surface area contributed by atoms with Gasteiger partial charge >= 0.3 is 0 Å². The number of pyridine rings is 2. The maximum Gasteiger partial charge on any atom is 0.274 e. The van der Waals surface area contributed by atoms with Gasteiger partial charge in [0.1, 0.15) is 34.5 Å². The molecule has 2 aromatic heterocycles. The number of carbonyl (C=O) groups excluding carboxylic acids is 1. The second-order valence-corrected chi connectivity index (χ2v) is 10.6. The van der Waals surface area contributed by atoms with E-state index in [0.717, 1.165) is 29.8 Å². The van der Waals surface area contributed by atoms with E-state index in [0.29, 0.717) is 18.5 Å². The third kappa shape index (κ3) is 5.45. The highest BCUT2D eigenvalue weighted by atomic mass is 19.1. The number of hydrogen-bond acceptors (Lipinski definition) is 6. The van der Waals surface area contributed by atoms with Crippen LogP contribution >= 0.6 is 0 Å². The minimum absolute atomic E-state index is 0.0540. The topological polar surface area (TPSA) is 110 Å². The molecule has 2 aliphatic rings. The summed E-state index contributed by atoms with van der Waals surface area (Å²) in [5, 5.41) is 12.9. The Morgan fingerprint density at radius 2 is 1.80 bits per heavy atom. The molecule has 1 saturated heterocycles. The molecule has 1 aromatic carbocycles. The number of anilines is 1. The Balaban J connectivity index is 1.42. The summed E-state index contributed by atoms with van der Waals surface area (Å²) in [6.45, 7) is 2.13. The minimum Gasteiger partial charge on any atom is -0.391 e. The van der Waals surface area contributed by atoms with Crippen molar-refractivity contribution in [2.24, 2.45) is 11.7 Å². The molecule has 40 heavy (non-hydrogen) atoms. The van der Waals surface area contributed by atoms with Crippen molar-refractivity contribution >= 4 is 11.6 Å². The van der Waals surface area contributed by atoms with Gasteiger partial charge < -0.3 is 20.9 Å². The first-order chi connectivity index (χ1) is 19.1. The molecule has 11 heteroatoms. The number of carbonyl (C=O) groups is 1. The lowest BCUT2D eigenvalue weighted by molar-refractivity contribution is -0.0117. The molecular formula is C29H30F4N4O3. The average Bonchev–Trinajstić information content (AvgIpc) is 2.92. The van der Waals surface area contributed by atoms with Gasteiger partial charge in [0.2, 0.25) is 0 Å². The van der Waals surface area contributed by atoms with E-state index in [1.165, 1.54) is 6.20 Å². The highest BCUT2D eigenvalue weighted by Crippen LogP contribution is 2.40. The first-order valence-corrected chi connectivity index (χ1v) is 13.2. The number of aliphatic hydroxyl groups is 1. The summed E-state index contributed by atoms with van der Waals surface area (Å²) in [6.07, 6.45) is 3.44. The number of rotatable bonds is 5. The van der Waals surface area contributed by atoms with Gasteiger partial charge in [-0.3, -0.25) is 9.78 Å². The second kappa shape index (κ2) is 11.2. The van der Waals surface area contributed by atoms with Crippen LogP contribution in [0.3, 0.4) is 0 Å². The monoisotopic (exact) mass is 558 g/mol. The molecule has 0 unspecified atom stereocenters. The SMILES string of the molecule is C[C@H]1C[C@@H](c2ccncc2NC(=O)c2ccc(F)c(-c3c(F)cc(C4(F)CCOCC4)cc3F)n2)C[C@@H](N)[C@@H]1O. The van der Waals surface area contributed by atoms with Crippen molar-refractivity contribution in [3.05, 3.63) is 77.0 Å². The van der Waals surface area contributed by atoms with E-state index >= 15 is 13.2 Å². The zero-order valence-electron chi connectivity index (χ0n) is 21.8. The summed E-state index contributed by atoms with van der Waals surface area (Å²) < 4.78 is 65.5. The third-order valence-electron chi connectivity index (χ3n) is 7.94. The molecule has 2 fully saturated rings. The number of aliphatic hydroxyl groups excluding tert-OH is 1. The quantitative estimate of drug-likeness (QED) is 0.381. The van der Waals surface area contributed by atoms with E-state index < -0.39 is 52.4 Å². The van der Waals surface area contributed by atoms with Gasteiger partial charge in [0.25, 0.3) is 5.91 Å². The van der Waals surface area contributed by atoms with Crippen LogP contribution in [0.15, 0.2) is 42.7 Å². The zero-order chi connectivity index (χ0) is 28.6. The molecule has 4 N–H and O–H groups in total. The van der Waals surface area contributed by atoms with Gasteiger partial charge in [0, 0.05) is 38.3 Å². The maximum absolute atomic E-state index is 15.3. The summed E-state index contributed by atoms with van der Waals surface area (Å²) in [6, 6.07) is 5.00. The van der Waals surface area contributed by atoms with E-state index in [1.54, 1.807) is 12.3 Å². The molecule has 0 radical (unpaired) electrons. The standard InChI is InChI=1S/C29H30F4N4O3/c1-15-10-16(11-22(34)27(15)38)18-4-7-35-14-24(18)37-28(39)23-3-2-19(30)26(36-23)25-20(31)12-17(13-21(25)32)29(33)5-8-40-9-6-29/h2-4,7,12-16,22,27,38H,5-6,8-11,34H2,1H3,(H,37,39)/t15-,16+,22+,27+/m0/s1. The minimum atomic E-state index is -1.97. The van der Waals surface area contributed by atoms with Gasteiger partial charge in [0.05, 0.1) is 23.6 Å². The number of nitrogens with two attached hydrogens (primary N) is 1. The lowest BCUT2D eigenvalue weighted by Crippen LogP contribution is -2.44. The third-order valence-corrected chi connectivity index (χ3v) is 7.94. The fourth-order valence-electron chi connectivity index (χ4n) is 5.67. The number of nitrogens with one attached hydrogen (secondary N) is 1. The number of hydrogen-bond donors (Lipinski definition) is 3. The predicted molar refractivity (Wildman–Crippen MR) is 140 cm³/mol. The Bertz CT molecular complexity index is 1380. The number of ether oxygens (including phenoxy) is 1. The Labute approximate surface area is 228 Å². The van der Waals surface area contributed by atoms with Crippen LogP contribution in [0.1, 0.15) is 60.1 Å². The predicted octanol–water partition coefficient (Wildman–Crippen LogP) is 4.99. The van der Waals surface area contributed by atoms with E-state index in [4.69, 9.17) is 10.5 Å². The van der Waals surface area contributed by atoms with Crippen molar-refractivity contribution in [3.63, 3.8) is 0 Å². The summed E-state index contributed by atoms with van der Waals surface area (Å²) >= 11 is 0. The molecule has 5 rings (SSSR count). The lowest BCUT2D eigenvalue weighted by atomic mass is 9.74. The van der Waals surface area contributed by atoms with Crippen molar-refractivity contribution < 1.29 is 32.2 Å². The first kappa shape index (κ1) is 28.1. The summed E-state index contributed by atoms with van der Waals surface area (Å²) in [4.78, 5) is 21.2. The molecule has 1 amide bonds. The molecule has 1 saturated carbocycles. The highest BCUT2D eigenvalue weighted by molar-refractivity contribution is 6.03. The molecule has 4 atom stereocenters. The number of aromatic nitrogens is 2. The van der Waals surface area contributed by atoms with Crippen LogP contribution in [0.5, 0.6) is 0 Å². The van der Waals surface area contributed by atoms with Crippen molar-refractivity contribution in [1.29, 1.82) is 0 Å². The van der Waals surface area contributed by atoms with Crippen LogP contribution in [-0.2, 0) is 10.4 Å². The zero-order valence-corrected chi connectivity index (χ0v) is 21.8. The molecule has 212 valence electrons. The Morgan fingerprint density at radius 3 is 2.48 bits per heavy atom. The van der Waals surface area contributed by atoms with Crippen LogP contribution < -0.4 is 11.1 Å². The summed E-state index contributed by atoms with van der Waals surface area (Å²) in [5.74, 6) is -4.29. The molecular weight excluding hydrogens is 528 g/mol. The number of amides is 1. The van der Waals surface area contributed by atoms with Crippen LogP contribution in [0.4, 0.5) is 23.2 Å². The first-order valence-electron chi connectivity index (χ1n) is 13.2.